The van der Waals surface area contributed by atoms with Gasteiger partial charge in [0.2, 0.25) is 0 Å². The van der Waals surface area contributed by atoms with Gasteiger partial charge in [-0.05, 0) is 68.1 Å². The molecule has 0 aliphatic heterocycles. The van der Waals surface area contributed by atoms with Crippen molar-refractivity contribution in [2.45, 2.75) is 0 Å². The van der Waals surface area contributed by atoms with E-state index in [1.54, 1.807) is 0 Å². The van der Waals surface area contributed by atoms with E-state index in [1.807, 2.05) is 12.1 Å². The van der Waals surface area contributed by atoms with E-state index in [4.69, 9.17) is 15.0 Å². The molecule has 0 bridgehead atoms. The second kappa shape index (κ2) is 15.2. The summed E-state index contributed by atoms with van der Waals surface area (Å²) in [5.41, 5.74) is 16.2. The van der Waals surface area contributed by atoms with Crippen LogP contribution in [0.2, 0.25) is 0 Å². The van der Waals surface area contributed by atoms with Crippen molar-refractivity contribution in [3.8, 4) is 73.0 Å². The average Bonchev–Trinajstić information content (AvgIpc) is 3.76. The average molecular weight is 803 g/mol. The molecule has 0 atom stereocenters. The van der Waals surface area contributed by atoms with Crippen LogP contribution in [0.15, 0.2) is 231 Å². The van der Waals surface area contributed by atoms with Gasteiger partial charge in [-0.2, -0.15) is 0 Å². The Morgan fingerprint density at radius 1 is 0.286 bits per heavy atom. The molecule has 294 valence electrons. The Morgan fingerprint density at radius 3 is 1.32 bits per heavy atom. The Kier molecular flexibility index (Phi) is 8.79. The number of para-hydroxylation sites is 3. The summed E-state index contributed by atoms with van der Waals surface area (Å²) in [7, 11) is 0. The van der Waals surface area contributed by atoms with E-state index in [0.717, 1.165) is 95.0 Å². The predicted molar refractivity (Wildman–Crippen MR) is 262 cm³/mol. The molecule has 0 aliphatic carbocycles. The van der Waals surface area contributed by atoms with Crippen LogP contribution in [0.5, 0.6) is 0 Å². The molecule has 0 saturated heterocycles. The van der Waals surface area contributed by atoms with Crippen LogP contribution >= 0.6 is 0 Å². The van der Waals surface area contributed by atoms with Crippen molar-refractivity contribution in [3.05, 3.63) is 231 Å². The Morgan fingerprint density at radius 2 is 0.730 bits per heavy atom. The number of benzene rings is 10. The van der Waals surface area contributed by atoms with E-state index in [-0.39, 0.29) is 0 Å². The van der Waals surface area contributed by atoms with Crippen molar-refractivity contribution in [3.63, 3.8) is 0 Å². The molecule has 0 unspecified atom stereocenters. The number of fused-ring (bicyclic) bond motifs is 4. The van der Waals surface area contributed by atoms with Gasteiger partial charge in [0, 0.05) is 33.5 Å². The minimum Gasteiger partial charge on any atom is -0.292 e. The van der Waals surface area contributed by atoms with E-state index >= 15 is 0 Å². The number of aromatic nitrogens is 4. The van der Waals surface area contributed by atoms with Crippen molar-refractivity contribution in [2.24, 2.45) is 0 Å². The van der Waals surface area contributed by atoms with E-state index in [1.165, 1.54) is 21.5 Å². The molecule has 4 nitrogen and oxygen atoms in total. The molecule has 2 heterocycles. The largest absolute Gasteiger partial charge is 0.292 e. The first-order valence-electron chi connectivity index (χ1n) is 21.4. The maximum Gasteiger partial charge on any atom is 0.145 e. The summed E-state index contributed by atoms with van der Waals surface area (Å²) in [6.45, 7) is 0. The summed E-state index contributed by atoms with van der Waals surface area (Å²) in [4.78, 5) is 16.5. The number of imidazole rings is 1. The Bertz CT molecular complexity index is 3640. The molecule has 4 heteroatoms. The fraction of sp³-hybridized carbons (Fsp3) is 0. The van der Waals surface area contributed by atoms with Gasteiger partial charge in [0.1, 0.15) is 5.82 Å². The SMILES string of the molecule is c1ccc(-c2nc3c(-c4cccc5ccccc45)ccc(-c4cccc5ccccc45)c3nc2-c2ccc(-c3ccc(-c4nc5ccccc5n4-c4ccccc4)cc3)cc2)cc1. The number of hydrogen-bond donors (Lipinski definition) is 0. The molecule has 0 amide bonds. The number of rotatable bonds is 7. The van der Waals surface area contributed by atoms with Crippen molar-refractivity contribution in [1.82, 2.24) is 19.5 Å². The molecule has 12 aromatic rings. The quantitative estimate of drug-likeness (QED) is 0.161. The van der Waals surface area contributed by atoms with E-state index in [0.29, 0.717) is 0 Å². The van der Waals surface area contributed by atoms with E-state index in [9.17, 15) is 0 Å². The van der Waals surface area contributed by atoms with Gasteiger partial charge in [-0.15, -0.1) is 0 Å². The van der Waals surface area contributed by atoms with Gasteiger partial charge in [0.05, 0.1) is 33.5 Å². The molecule has 2 aromatic heterocycles. The first-order chi connectivity index (χ1) is 31.2. The zero-order valence-corrected chi connectivity index (χ0v) is 34.2. The normalized spacial score (nSPS) is 11.5. The smallest absolute Gasteiger partial charge is 0.145 e. The maximum atomic E-state index is 5.70. The highest BCUT2D eigenvalue weighted by molar-refractivity contribution is 6.11. The van der Waals surface area contributed by atoms with Crippen LogP contribution in [0.3, 0.4) is 0 Å². The van der Waals surface area contributed by atoms with Crippen molar-refractivity contribution < 1.29 is 0 Å². The zero-order valence-electron chi connectivity index (χ0n) is 34.2. The third-order valence-corrected chi connectivity index (χ3v) is 12.2. The minimum absolute atomic E-state index is 0.840. The van der Waals surface area contributed by atoms with Gasteiger partial charge in [-0.1, -0.05) is 206 Å². The summed E-state index contributed by atoms with van der Waals surface area (Å²) < 4.78 is 2.24. The highest BCUT2D eigenvalue weighted by Crippen LogP contribution is 2.42. The molecule has 0 saturated carbocycles. The molecule has 0 aliphatic rings. The molecule has 0 N–H and O–H groups in total. The van der Waals surface area contributed by atoms with Crippen LogP contribution in [-0.2, 0) is 0 Å². The lowest BCUT2D eigenvalue weighted by atomic mass is 9.91. The lowest BCUT2D eigenvalue weighted by Gasteiger charge is -2.17. The third kappa shape index (κ3) is 6.36. The van der Waals surface area contributed by atoms with Crippen LogP contribution in [0.25, 0.3) is 117 Å². The van der Waals surface area contributed by atoms with Crippen LogP contribution in [0, 0.1) is 0 Å². The van der Waals surface area contributed by atoms with E-state index < -0.39 is 0 Å². The first kappa shape index (κ1) is 36.4. The maximum absolute atomic E-state index is 5.70. The zero-order chi connectivity index (χ0) is 41.7. The van der Waals surface area contributed by atoms with Gasteiger partial charge in [0.15, 0.2) is 0 Å². The standard InChI is InChI=1S/C59H38N4/c1-3-17-43(18-4-1)55-56(44-33-29-39(30-34-44)40-31-35-45(36-32-40)59-60-53-27-11-12-28-54(53)63(59)46-21-5-2-6-22-46)62-58-52(50-26-14-20-42-16-8-10-24-48(42)50)38-37-51(57(58)61-55)49-25-13-19-41-15-7-9-23-47(41)49/h1-38H. The summed E-state index contributed by atoms with van der Waals surface area (Å²) in [6, 6.07) is 81.4. The monoisotopic (exact) mass is 802 g/mol. The van der Waals surface area contributed by atoms with Crippen molar-refractivity contribution >= 4 is 43.6 Å². The second-order valence-electron chi connectivity index (χ2n) is 15.9. The van der Waals surface area contributed by atoms with Gasteiger partial charge >= 0.3 is 0 Å². The highest BCUT2D eigenvalue weighted by atomic mass is 15.1. The van der Waals surface area contributed by atoms with E-state index in [2.05, 4.69) is 223 Å². The van der Waals surface area contributed by atoms with Crippen LogP contribution < -0.4 is 0 Å². The van der Waals surface area contributed by atoms with Gasteiger partial charge < -0.3 is 0 Å². The van der Waals surface area contributed by atoms with Crippen LogP contribution in [-0.4, -0.2) is 19.5 Å². The summed E-state index contributed by atoms with van der Waals surface area (Å²) >= 11 is 0. The van der Waals surface area contributed by atoms with Gasteiger partial charge in [0.25, 0.3) is 0 Å². The first-order valence-corrected chi connectivity index (χ1v) is 21.4. The second-order valence-corrected chi connectivity index (χ2v) is 15.9. The number of hydrogen-bond acceptors (Lipinski definition) is 3. The number of nitrogens with zero attached hydrogens (tertiary/aromatic N) is 4. The summed E-state index contributed by atoms with van der Waals surface area (Å²) in [6.07, 6.45) is 0. The minimum atomic E-state index is 0.840. The molecule has 10 aromatic carbocycles. The molecule has 12 rings (SSSR count). The van der Waals surface area contributed by atoms with Gasteiger partial charge in [-0.3, -0.25) is 4.57 Å². The fourth-order valence-corrected chi connectivity index (χ4v) is 9.18. The Balaban J connectivity index is 1.01. The lowest BCUT2D eigenvalue weighted by Crippen LogP contribution is -1.99. The molecular weight excluding hydrogens is 765 g/mol. The van der Waals surface area contributed by atoms with Gasteiger partial charge in [-0.25, -0.2) is 15.0 Å². The third-order valence-electron chi connectivity index (χ3n) is 12.2. The van der Waals surface area contributed by atoms with Crippen molar-refractivity contribution in [2.75, 3.05) is 0 Å². The van der Waals surface area contributed by atoms with Crippen LogP contribution in [0.4, 0.5) is 0 Å². The predicted octanol–water partition coefficient (Wildman–Crippen LogP) is 15.3. The summed E-state index contributed by atoms with van der Waals surface area (Å²) in [5, 5.41) is 4.75. The molecule has 0 spiro atoms. The Hall–Kier alpha value is -8.47. The van der Waals surface area contributed by atoms with Crippen LogP contribution in [0.1, 0.15) is 0 Å². The molecule has 0 radical (unpaired) electrons. The fourth-order valence-electron chi connectivity index (χ4n) is 9.18. The molecule has 63 heavy (non-hydrogen) atoms. The molecular formula is C59H38N4. The lowest BCUT2D eigenvalue weighted by molar-refractivity contribution is 1.10. The van der Waals surface area contributed by atoms with Crippen molar-refractivity contribution in [1.29, 1.82) is 0 Å². The topological polar surface area (TPSA) is 43.6 Å². The molecule has 0 fully saturated rings. The Labute approximate surface area is 365 Å². The highest BCUT2D eigenvalue weighted by Gasteiger charge is 2.21. The summed E-state index contributed by atoms with van der Waals surface area (Å²) in [5.74, 6) is 0.916.